The van der Waals surface area contributed by atoms with E-state index in [4.69, 9.17) is 11.6 Å². The lowest BCUT2D eigenvalue weighted by atomic mass is 10.0. The van der Waals surface area contributed by atoms with E-state index in [0.29, 0.717) is 5.02 Å². The fourth-order valence-corrected chi connectivity index (χ4v) is 4.29. The predicted molar refractivity (Wildman–Crippen MR) is 110 cm³/mol. The van der Waals surface area contributed by atoms with E-state index in [9.17, 15) is 19.5 Å². The molecule has 10 heteroatoms. The van der Waals surface area contributed by atoms with E-state index in [1.807, 2.05) is 17.5 Å². The third-order valence-corrected chi connectivity index (χ3v) is 5.75. The summed E-state index contributed by atoms with van der Waals surface area (Å²) < 4.78 is 0.946. The summed E-state index contributed by atoms with van der Waals surface area (Å²) in [5.41, 5.74) is -1.24. The van der Waals surface area contributed by atoms with Gasteiger partial charge in [0.15, 0.2) is 0 Å². The Hall–Kier alpha value is -3.17. The lowest BCUT2D eigenvalue weighted by Crippen LogP contribution is -2.33. The molecule has 2 aromatic heterocycles. The molecule has 0 radical (unpaired) electrons. The lowest BCUT2D eigenvalue weighted by Gasteiger charge is -2.18. The summed E-state index contributed by atoms with van der Waals surface area (Å²) in [4.78, 5) is 40.1. The first-order valence-electron chi connectivity index (χ1n) is 8.62. The van der Waals surface area contributed by atoms with E-state index < -0.39 is 17.1 Å². The van der Waals surface area contributed by atoms with E-state index in [0.717, 1.165) is 9.44 Å². The Balaban J connectivity index is 1.86. The number of hydrazone groups is 1. The number of halogens is 1. The maximum Gasteiger partial charge on any atom is 0.335 e. The van der Waals surface area contributed by atoms with Gasteiger partial charge in [-0.15, -0.1) is 11.3 Å². The summed E-state index contributed by atoms with van der Waals surface area (Å²) in [6.07, 6.45) is 0.227. The standard InChI is InChI=1S/C19H15ClN4O4S/c1-10(25)24-14(15-6-3-7-29-15)9-13(22-24)16-17(26)21-19(28)23(18(16)27)12-5-2-4-11(20)8-12/h2-8,14,27H,9H2,1H3,(H,21,26,28)/t14-/m0/s1. The van der Waals surface area contributed by atoms with E-state index in [-0.39, 0.29) is 35.3 Å². The molecular formula is C19H15ClN4O4S. The minimum absolute atomic E-state index is 0.158. The number of nitrogens with one attached hydrogen (secondary N) is 1. The second-order valence-electron chi connectivity index (χ2n) is 6.42. The molecule has 0 bridgehead atoms. The highest BCUT2D eigenvalue weighted by atomic mass is 35.5. The molecule has 2 N–H and O–H groups in total. The van der Waals surface area contributed by atoms with Crippen LogP contribution < -0.4 is 11.2 Å². The molecule has 0 aliphatic carbocycles. The topological polar surface area (TPSA) is 108 Å². The van der Waals surface area contributed by atoms with E-state index in [1.165, 1.54) is 29.3 Å². The molecule has 1 aliphatic heterocycles. The molecule has 0 unspecified atom stereocenters. The van der Waals surface area contributed by atoms with Crippen LogP contribution in [-0.2, 0) is 4.79 Å². The van der Waals surface area contributed by atoms with E-state index in [1.54, 1.807) is 18.2 Å². The number of aromatic hydroxyl groups is 1. The third-order valence-electron chi connectivity index (χ3n) is 4.55. The van der Waals surface area contributed by atoms with Crippen LogP contribution in [-0.4, -0.2) is 31.3 Å². The van der Waals surface area contributed by atoms with Crippen LogP contribution in [0.2, 0.25) is 5.02 Å². The zero-order valence-corrected chi connectivity index (χ0v) is 16.7. The molecule has 1 atom stereocenters. The fraction of sp³-hybridized carbons (Fsp3) is 0.158. The van der Waals surface area contributed by atoms with Crippen molar-refractivity contribution in [1.82, 2.24) is 14.6 Å². The highest BCUT2D eigenvalue weighted by molar-refractivity contribution is 7.10. The molecule has 0 spiro atoms. The summed E-state index contributed by atoms with van der Waals surface area (Å²) in [5.74, 6) is -0.854. The maximum atomic E-state index is 12.5. The molecule has 0 fully saturated rings. The van der Waals surface area contributed by atoms with Crippen LogP contribution in [0.5, 0.6) is 5.88 Å². The molecule has 1 aliphatic rings. The Bertz CT molecular complexity index is 1250. The largest absolute Gasteiger partial charge is 0.493 e. The molecular weight excluding hydrogens is 416 g/mol. The molecule has 3 heterocycles. The Labute approximate surface area is 173 Å². The maximum absolute atomic E-state index is 12.5. The van der Waals surface area contributed by atoms with Crippen molar-refractivity contribution in [3.63, 3.8) is 0 Å². The van der Waals surface area contributed by atoms with Gasteiger partial charge in [0, 0.05) is 23.2 Å². The van der Waals surface area contributed by atoms with Crippen molar-refractivity contribution in [3.8, 4) is 11.6 Å². The van der Waals surface area contributed by atoms with Gasteiger partial charge in [0.05, 0.1) is 17.4 Å². The lowest BCUT2D eigenvalue weighted by molar-refractivity contribution is -0.130. The molecule has 8 nitrogen and oxygen atoms in total. The molecule has 1 amide bonds. The molecule has 3 aromatic rings. The number of hydrogen-bond donors (Lipinski definition) is 2. The van der Waals surface area contributed by atoms with Crippen LogP contribution >= 0.6 is 22.9 Å². The van der Waals surface area contributed by atoms with Crippen LogP contribution in [0.25, 0.3) is 5.69 Å². The van der Waals surface area contributed by atoms with Crippen LogP contribution in [0.15, 0.2) is 56.5 Å². The SMILES string of the molecule is CC(=O)N1N=C(c2c(O)n(-c3cccc(Cl)c3)c(=O)[nH]c2=O)C[C@H]1c1cccs1. The zero-order chi connectivity index (χ0) is 20.7. The van der Waals surface area contributed by atoms with Crippen LogP contribution in [0, 0.1) is 0 Å². The third kappa shape index (κ3) is 3.39. The van der Waals surface area contributed by atoms with Crippen LogP contribution in [0.4, 0.5) is 0 Å². The number of rotatable bonds is 3. The van der Waals surface area contributed by atoms with Gasteiger partial charge >= 0.3 is 5.69 Å². The number of carbonyl (C=O) groups is 1. The summed E-state index contributed by atoms with van der Waals surface area (Å²) in [5, 5.41) is 18.6. The average Bonchev–Trinajstić information content (AvgIpc) is 3.31. The van der Waals surface area contributed by atoms with Crippen LogP contribution in [0.3, 0.4) is 0 Å². The first-order chi connectivity index (χ1) is 13.9. The van der Waals surface area contributed by atoms with Gasteiger partial charge in [-0.3, -0.25) is 14.6 Å². The highest BCUT2D eigenvalue weighted by Gasteiger charge is 2.35. The summed E-state index contributed by atoms with van der Waals surface area (Å²) in [6, 6.07) is 9.65. The number of nitrogens with zero attached hydrogens (tertiary/aromatic N) is 3. The fourth-order valence-electron chi connectivity index (χ4n) is 3.29. The van der Waals surface area contributed by atoms with E-state index in [2.05, 4.69) is 10.1 Å². The van der Waals surface area contributed by atoms with Gasteiger partial charge in [-0.05, 0) is 29.6 Å². The minimum atomic E-state index is -0.810. The van der Waals surface area contributed by atoms with Gasteiger partial charge < -0.3 is 5.11 Å². The second-order valence-corrected chi connectivity index (χ2v) is 7.83. The molecule has 0 saturated heterocycles. The Morgan fingerprint density at radius 2 is 2.10 bits per heavy atom. The van der Waals surface area contributed by atoms with Gasteiger partial charge in [-0.1, -0.05) is 23.7 Å². The van der Waals surface area contributed by atoms with Gasteiger partial charge in [-0.2, -0.15) is 5.10 Å². The van der Waals surface area contributed by atoms with Crippen molar-refractivity contribution in [3.05, 3.63) is 78.1 Å². The number of thiophene rings is 1. The highest BCUT2D eigenvalue weighted by Crippen LogP contribution is 2.35. The van der Waals surface area contributed by atoms with Crippen molar-refractivity contribution in [2.45, 2.75) is 19.4 Å². The quantitative estimate of drug-likeness (QED) is 0.665. The predicted octanol–water partition coefficient (Wildman–Crippen LogP) is 2.64. The summed E-state index contributed by atoms with van der Waals surface area (Å²) >= 11 is 7.46. The summed E-state index contributed by atoms with van der Waals surface area (Å²) in [7, 11) is 0. The number of hydrogen-bond acceptors (Lipinski definition) is 6. The molecule has 0 saturated carbocycles. The Kier molecular flexibility index (Phi) is 4.85. The normalized spacial score (nSPS) is 16.1. The average molecular weight is 431 g/mol. The van der Waals surface area contributed by atoms with Crippen molar-refractivity contribution in [2.75, 3.05) is 0 Å². The smallest absolute Gasteiger partial charge is 0.335 e. The Morgan fingerprint density at radius 3 is 2.76 bits per heavy atom. The number of carbonyl (C=O) groups excluding carboxylic acids is 1. The second kappa shape index (κ2) is 7.34. The minimum Gasteiger partial charge on any atom is -0.493 e. The van der Waals surface area contributed by atoms with Crippen molar-refractivity contribution < 1.29 is 9.90 Å². The number of benzene rings is 1. The first-order valence-corrected chi connectivity index (χ1v) is 9.88. The van der Waals surface area contributed by atoms with Gasteiger partial charge in [0.2, 0.25) is 11.8 Å². The Morgan fingerprint density at radius 1 is 1.31 bits per heavy atom. The molecule has 1 aromatic carbocycles. The van der Waals surface area contributed by atoms with Crippen molar-refractivity contribution in [1.29, 1.82) is 0 Å². The van der Waals surface area contributed by atoms with Gasteiger partial charge in [0.25, 0.3) is 5.56 Å². The molecule has 148 valence electrons. The van der Waals surface area contributed by atoms with Gasteiger partial charge in [0.1, 0.15) is 5.56 Å². The van der Waals surface area contributed by atoms with Crippen molar-refractivity contribution >= 4 is 34.6 Å². The summed E-state index contributed by atoms with van der Waals surface area (Å²) in [6.45, 7) is 1.38. The number of amides is 1. The molecule has 4 rings (SSSR count). The number of H-pyrrole nitrogens is 1. The van der Waals surface area contributed by atoms with Crippen molar-refractivity contribution in [2.24, 2.45) is 5.10 Å². The number of aromatic amines is 1. The first kappa shape index (κ1) is 19.2. The van der Waals surface area contributed by atoms with Crippen LogP contribution in [0.1, 0.15) is 29.8 Å². The zero-order valence-electron chi connectivity index (χ0n) is 15.1. The molecule has 29 heavy (non-hydrogen) atoms. The number of aromatic nitrogens is 2. The van der Waals surface area contributed by atoms with E-state index >= 15 is 0 Å². The monoisotopic (exact) mass is 430 g/mol. The van der Waals surface area contributed by atoms with Gasteiger partial charge in [-0.25, -0.2) is 14.4 Å².